The first kappa shape index (κ1) is 19.6. The molecule has 20 heavy (non-hydrogen) atoms. The maximum atomic E-state index is 5.52. The van der Waals surface area contributed by atoms with Crippen LogP contribution in [0.4, 0.5) is 0 Å². The first-order chi connectivity index (χ1) is 9.66. The number of rotatable bonds is 0. The van der Waals surface area contributed by atoms with Gasteiger partial charge in [-0.2, -0.15) is 0 Å². The summed E-state index contributed by atoms with van der Waals surface area (Å²) in [6.45, 7) is 12.1. The molecule has 0 bridgehead atoms. The summed E-state index contributed by atoms with van der Waals surface area (Å²) in [4.78, 5) is 8.02. The van der Waals surface area contributed by atoms with Gasteiger partial charge in [-0.15, -0.1) is 22.7 Å². The lowest BCUT2D eigenvalue weighted by Gasteiger charge is -1.80. The van der Waals surface area contributed by atoms with Gasteiger partial charge >= 0.3 is 0 Å². The van der Waals surface area contributed by atoms with Gasteiger partial charge in [0.25, 0.3) is 0 Å². The monoisotopic (exact) mass is 331 g/mol. The number of halogens is 1. The van der Waals surface area contributed by atoms with Crippen LogP contribution in [0.1, 0.15) is 54.3 Å². The Morgan fingerprint density at radius 1 is 1.10 bits per heavy atom. The van der Waals surface area contributed by atoms with Crippen LogP contribution in [0.25, 0.3) is 0 Å². The topological polar surface area (TPSA) is 12.9 Å². The van der Waals surface area contributed by atoms with Gasteiger partial charge in [0.2, 0.25) is 0 Å². The molecular formula is C16H26ClNS2. The summed E-state index contributed by atoms with van der Waals surface area (Å²) in [5.41, 5.74) is 3.36. The fourth-order valence-corrected chi connectivity index (χ4v) is 3.60. The smallest absolute Gasteiger partial charge is 0.142 e. The van der Waals surface area contributed by atoms with Gasteiger partial charge in [0, 0.05) is 14.6 Å². The molecule has 0 aliphatic heterocycles. The van der Waals surface area contributed by atoms with E-state index in [1.165, 1.54) is 24.1 Å². The van der Waals surface area contributed by atoms with Crippen molar-refractivity contribution < 1.29 is 0 Å². The van der Waals surface area contributed by atoms with Crippen molar-refractivity contribution in [3.05, 3.63) is 36.9 Å². The molecule has 0 N–H and O–H groups in total. The van der Waals surface area contributed by atoms with Gasteiger partial charge in [0.1, 0.15) is 5.15 Å². The zero-order valence-corrected chi connectivity index (χ0v) is 15.8. The molecule has 0 radical (unpaired) electrons. The predicted molar refractivity (Wildman–Crippen MR) is 95.6 cm³/mol. The molecule has 0 fully saturated rings. The van der Waals surface area contributed by atoms with Gasteiger partial charge in [0.05, 0.1) is 5.51 Å². The average Bonchev–Trinajstić information content (AvgIpc) is 3.13. The summed E-state index contributed by atoms with van der Waals surface area (Å²) in [7, 11) is 0. The van der Waals surface area contributed by atoms with E-state index >= 15 is 0 Å². The van der Waals surface area contributed by atoms with E-state index in [0.29, 0.717) is 5.15 Å². The van der Waals surface area contributed by atoms with E-state index in [4.69, 9.17) is 11.6 Å². The van der Waals surface area contributed by atoms with E-state index in [9.17, 15) is 0 Å². The van der Waals surface area contributed by atoms with Crippen LogP contribution >= 0.6 is 34.3 Å². The van der Waals surface area contributed by atoms with E-state index in [0.717, 1.165) is 4.88 Å². The number of fused-ring (bicyclic) bond motifs is 1. The lowest BCUT2D eigenvalue weighted by Crippen LogP contribution is -1.68. The summed E-state index contributed by atoms with van der Waals surface area (Å²) in [6.07, 6.45) is 4.06. The molecule has 0 saturated heterocycles. The standard InChI is InChI=1S/C8H10S.C4H4ClNS.2C2H6/c1-6-5-7-3-2-4-8(7)9-6;1-3-4(5)6-2-7-3;2*1-2/h5H,2-4H2,1H3;2H,1H3;2*1-2H3. The second-order valence-electron chi connectivity index (χ2n) is 3.86. The normalized spacial score (nSPS) is 11.2. The van der Waals surface area contributed by atoms with Gasteiger partial charge in [-0.3, -0.25) is 0 Å². The van der Waals surface area contributed by atoms with Gasteiger partial charge in [0.15, 0.2) is 0 Å². The number of thiazole rings is 1. The summed E-state index contributed by atoms with van der Waals surface area (Å²) in [5, 5.41) is 0.630. The van der Waals surface area contributed by atoms with E-state index in [1.54, 1.807) is 27.3 Å². The molecule has 2 aromatic rings. The largest absolute Gasteiger partial charge is 0.233 e. The Kier molecular flexibility index (Phi) is 11.1. The number of hydrogen-bond acceptors (Lipinski definition) is 3. The molecule has 1 nitrogen and oxygen atoms in total. The number of aryl methyl sites for hydroxylation is 4. The highest BCUT2D eigenvalue weighted by Gasteiger charge is 2.12. The fourth-order valence-electron chi connectivity index (χ4n) is 1.77. The maximum Gasteiger partial charge on any atom is 0.142 e. The molecule has 2 heterocycles. The van der Waals surface area contributed by atoms with Crippen molar-refractivity contribution in [2.24, 2.45) is 0 Å². The van der Waals surface area contributed by atoms with Crippen molar-refractivity contribution in [3.63, 3.8) is 0 Å². The average molecular weight is 332 g/mol. The van der Waals surface area contributed by atoms with E-state index in [2.05, 4.69) is 18.0 Å². The first-order valence-corrected chi connectivity index (χ1v) is 9.38. The quantitative estimate of drug-likeness (QED) is 0.523. The van der Waals surface area contributed by atoms with E-state index < -0.39 is 0 Å². The summed E-state index contributed by atoms with van der Waals surface area (Å²) in [5.74, 6) is 0. The molecule has 4 heteroatoms. The van der Waals surface area contributed by atoms with Crippen LogP contribution < -0.4 is 0 Å². The summed E-state index contributed by atoms with van der Waals surface area (Å²) < 4.78 is 0. The highest BCUT2D eigenvalue weighted by atomic mass is 35.5. The highest BCUT2D eigenvalue weighted by Crippen LogP contribution is 2.29. The molecular weight excluding hydrogens is 306 g/mol. The third kappa shape index (κ3) is 6.38. The van der Waals surface area contributed by atoms with Crippen molar-refractivity contribution in [1.29, 1.82) is 0 Å². The van der Waals surface area contributed by atoms with Crippen molar-refractivity contribution in [3.8, 4) is 0 Å². The van der Waals surface area contributed by atoms with Crippen LogP contribution in [0, 0.1) is 13.8 Å². The number of aromatic nitrogens is 1. The molecule has 0 atom stereocenters. The molecule has 0 aromatic carbocycles. The third-order valence-corrected chi connectivity index (χ3v) is 4.96. The van der Waals surface area contributed by atoms with Crippen LogP contribution in [0.5, 0.6) is 0 Å². The number of nitrogens with zero attached hydrogens (tertiary/aromatic N) is 1. The highest BCUT2D eigenvalue weighted by molar-refractivity contribution is 7.12. The lowest BCUT2D eigenvalue weighted by molar-refractivity contribution is 0.914. The minimum atomic E-state index is 0.630. The Bertz CT molecular complexity index is 437. The molecule has 0 unspecified atom stereocenters. The van der Waals surface area contributed by atoms with Crippen LogP contribution in [-0.2, 0) is 12.8 Å². The third-order valence-electron chi connectivity index (χ3n) is 2.56. The number of hydrogen-bond donors (Lipinski definition) is 0. The van der Waals surface area contributed by atoms with E-state index in [-0.39, 0.29) is 0 Å². The van der Waals surface area contributed by atoms with Crippen molar-refractivity contribution in [1.82, 2.24) is 4.98 Å². The minimum Gasteiger partial charge on any atom is -0.233 e. The number of thiophene rings is 1. The zero-order valence-electron chi connectivity index (χ0n) is 13.4. The van der Waals surface area contributed by atoms with Crippen LogP contribution in [0.2, 0.25) is 5.15 Å². The zero-order chi connectivity index (χ0) is 15.5. The fraction of sp³-hybridized carbons (Fsp3) is 0.562. The predicted octanol–water partition coefficient (Wildman–Crippen LogP) is 6.70. The Morgan fingerprint density at radius 3 is 2.15 bits per heavy atom. The summed E-state index contributed by atoms with van der Waals surface area (Å²) >= 11 is 9.06. The van der Waals surface area contributed by atoms with Gasteiger partial charge in [-0.1, -0.05) is 39.3 Å². The van der Waals surface area contributed by atoms with Crippen LogP contribution in [-0.4, -0.2) is 4.98 Å². The van der Waals surface area contributed by atoms with Crippen molar-refractivity contribution in [2.75, 3.05) is 0 Å². The first-order valence-electron chi connectivity index (χ1n) is 7.30. The molecule has 0 amide bonds. The SMILES string of the molecule is CC.CC.Cc1cc2c(s1)CCC2.Cc1scnc1Cl. The Morgan fingerprint density at radius 2 is 1.75 bits per heavy atom. The molecule has 0 spiro atoms. The van der Waals surface area contributed by atoms with Crippen LogP contribution in [0.3, 0.4) is 0 Å². The second-order valence-corrected chi connectivity index (χ2v) is 6.62. The Hall–Kier alpha value is -0.380. The van der Waals surface area contributed by atoms with Gasteiger partial charge in [-0.25, -0.2) is 4.98 Å². The minimum absolute atomic E-state index is 0.630. The maximum absolute atomic E-state index is 5.52. The molecule has 1 aliphatic rings. The molecule has 1 aliphatic carbocycles. The van der Waals surface area contributed by atoms with Crippen molar-refractivity contribution in [2.45, 2.75) is 60.8 Å². The van der Waals surface area contributed by atoms with E-state index in [1.807, 2.05) is 46.0 Å². The van der Waals surface area contributed by atoms with Gasteiger partial charge < -0.3 is 0 Å². The Labute approximate surface area is 137 Å². The molecule has 3 rings (SSSR count). The van der Waals surface area contributed by atoms with Crippen LogP contribution in [0.15, 0.2) is 11.6 Å². The lowest BCUT2D eigenvalue weighted by atomic mass is 10.2. The Balaban J connectivity index is 0.000000296. The molecule has 114 valence electrons. The second kappa shape index (κ2) is 11.3. The van der Waals surface area contributed by atoms with Gasteiger partial charge in [-0.05, 0) is 44.7 Å². The molecule has 2 aromatic heterocycles. The molecule has 0 saturated carbocycles. The van der Waals surface area contributed by atoms with Crippen molar-refractivity contribution >= 4 is 34.3 Å². The summed E-state index contributed by atoms with van der Waals surface area (Å²) in [6, 6.07) is 2.34.